The molecule has 0 saturated heterocycles. The molecular weight excluding hydrogens is 608 g/mol. The second-order valence-corrected chi connectivity index (χ2v) is 11.5. The van der Waals surface area contributed by atoms with Gasteiger partial charge in [0.15, 0.2) is 23.0 Å². The summed E-state index contributed by atoms with van der Waals surface area (Å²) in [6, 6.07) is 18.0. The topological polar surface area (TPSA) is 105 Å². The summed E-state index contributed by atoms with van der Waals surface area (Å²) in [6.45, 7) is 20.5. The van der Waals surface area contributed by atoms with E-state index in [1.165, 1.54) is 27.7 Å². The lowest BCUT2D eigenvalue weighted by Gasteiger charge is -2.18. The van der Waals surface area contributed by atoms with E-state index in [1.54, 1.807) is 36.4 Å². The van der Waals surface area contributed by atoms with Crippen molar-refractivity contribution in [2.24, 2.45) is 0 Å². The van der Waals surface area contributed by atoms with E-state index in [9.17, 15) is 19.2 Å². The van der Waals surface area contributed by atoms with Gasteiger partial charge in [0.2, 0.25) is 0 Å². The van der Waals surface area contributed by atoms with Gasteiger partial charge in [0.25, 0.3) is 0 Å². The Morgan fingerprint density at radius 3 is 1.35 bits per heavy atom. The van der Waals surface area contributed by atoms with Gasteiger partial charge in [-0.3, -0.25) is 0 Å². The Balaban J connectivity index is 1.53. The largest absolute Gasteiger partial charge is 0.419 e. The molecule has 3 aromatic carbocycles. The molecule has 3 aromatic rings. The first-order valence-electron chi connectivity index (χ1n) is 15.0. The maximum absolute atomic E-state index is 12.3. The molecule has 8 heteroatoms. The first-order valence-corrected chi connectivity index (χ1v) is 15.0. The first-order chi connectivity index (χ1) is 22.7. The van der Waals surface area contributed by atoms with Crippen molar-refractivity contribution in [2.75, 3.05) is 0 Å². The third-order valence-corrected chi connectivity index (χ3v) is 7.20. The lowest BCUT2D eigenvalue weighted by molar-refractivity contribution is -0.132. The molecule has 0 saturated carbocycles. The number of hydrogen-bond acceptors (Lipinski definition) is 8. The highest BCUT2D eigenvalue weighted by molar-refractivity contribution is 5.92. The van der Waals surface area contributed by atoms with Gasteiger partial charge >= 0.3 is 23.9 Å². The van der Waals surface area contributed by atoms with Crippen molar-refractivity contribution < 1.29 is 38.1 Å². The van der Waals surface area contributed by atoms with Crippen LogP contribution >= 0.6 is 0 Å². The molecule has 0 aromatic heterocycles. The average Bonchev–Trinajstić information content (AvgIpc) is 3.06. The predicted molar refractivity (Wildman–Crippen MR) is 185 cm³/mol. The minimum atomic E-state index is -0.641. The third-order valence-electron chi connectivity index (χ3n) is 7.20. The summed E-state index contributed by atoms with van der Waals surface area (Å²) < 4.78 is 21.7. The van der Waals surface area contributed by atoms with E-state index in [0.29, 0.717) is 6.42 Å². The van der Waals surface area contributed by atoms with Crippen LogP contribution in [-0.4, -0.2) is 23.9 Å². The van der Waals surface area contributed by atoms with E-state index < -0.39 is 23.9 Å². The van der Waals surface area contributed by atoms with Gasteiger partial charge in [-0.05, 0) is 86.2 Å². The maximum Gasteiger partial charge on any atom is 0.338 e. The number of rotatable bonds is 11. The zero-order chi connectivity index (χ0) is 35.1. The Bertz CT molecular complexity index is 1920. The SMILES string of the molecule is C=C(C)C(=O)Oc1ccc(C2=CCC(c3ccc(-c4ccc(OC(=O)C(=C)C)c(OC(=O)C(=C)C)c4)cc3)C=C2)cc1OC(=O)C(=C)C. The molecule has 0 heterocycles. The van der Waals surface area contributed by atoms with Crippen molar-refractivity contribution in [3.8, 4) is 34.1 Å². The number of benzene rings is 3. The van der Waals surface area contributed by atoms with Crippen molar-refractivity contribution in [2.45, 2.75) is 40.0 Å². The van der Waals surface area contributed by atoms with Gasteiger partial charge in [-0.1, -0.05) is 80.9 Å². The van der Waals surface area contributed by atoms with Gasteiger partial charge < -0.3 is 18.9 Å². The quantitative estimate of drug-likeness (QED) is 0.116. The van der Waals surface area contributed by atoms with E-state index in [1.807, 2.05) is 30.3 Å². The minimum absolute atomic E-state index is 0.0895. The fraction of sp³-hybridized carbons (Fsp3) is 0.150. The molecule has 0 aliphatic heterocycles. The van der Waals surface area contributed by atoms with Crippen molar-refractivity contribution in [1.29, 1.82) is 0 Å². The Morgan fingerprint density at radius 2 is 0.938 bits per heavy atom. The number of esters is 4. The van der Waals surface area contributed by atoms with Crippen LogP contribution in [0.4, 0.5) is 0 Å². The summed E-state index contributed by atoms with van der Waals surface area (Å²) in [5, 5.41) is 0. The molecular formula is C40H36O8. The fourth-order valence-corrected chi connectivity index (χ4v) is 4.46. The maximum atomic E-state index is 12.3. The second kappa shape index (κ2) is 15.0. The minimum Gasteiger partial charge on any atom is -0.419 e. The van der Waals surface area contributed by atoms with Crippen molar-refractivity contribution in [3.05, 3.63) is 139 Å². The molecule has 1 aliphatic rings. The molecule has 1 atom stereocenters. The van der Waals surface area contributed by atoms with Crippen molar-refractivity contribution in [1.82, 2.24) is 0 Å². The molecule has 0 N–H and O–H groups in total. The van der Waals surface area contributed by atoms with Crippen molar-refractivity contribution in [3.63, 3.8) is 0 Å². The summed E-state index contributed by atoms with van der Waals surface area (Å²) in [5.74, 6) is -2.05. The number of carbonyl (C=O) groups is 4. The summed E-state index contributed by atoms with van der Waals surface area (Å²) in [7, 11) is 0. The Labute approximate surface area is 280 Å². The van der Waals surface area contributed by atoms with Gasteiger partial charge in [-0.15, -0.1) is 0 Å². The summed E-state index contributed by atoms with van der Waals surface area (Å²) in [5.41, 5.74) is 5.22. The van der Waals surface area contributed by atoms with Gasteiger partial charge in [-0.2, -0.15) is 0 Å². The van der Waals surface area contributed by atoms with Crippen LogP contribution in [0, 0.1) is 0 Å². The van der Waals surface area contributed by atoms with Crippen LogP contribution in [0.25, 0.3) is 16.7 Å². The van der Waals surface area contributed by atoms with E-state index >= 15 is 0 Å². The number of allylic oxidation sites excluding steroid dienone is 4. The van der Waals surface area contributed by atoms with Crippen molar-refractivity contribution >= 4 is 29.5 Å². The fourth-order valence-electron chi connectivity index (χ4n) is 4.46. The first kappa shape index (κ1) is 34.8. The highest BCUT2D eigenvalue weighted by Crippen LogP contribution is 2.37. The molecule has 48 heavy (non-hydrogen) atoms. The van der Waals surface area contributed by atoms with Crippen LogP contribution in [0.2, 0.25) is 0 Å². The summed E-state index contributed by atoms with van der Waals surface area (Å²) >= 11 is 0. The Hall–Kier alpha value is -6.02. The van der Waals surface area contributed by atoms with E-state index in [2.05, 4.69) is 38.5 Å². The Morgan fingerprint density at radius 1 is 0.542 bits per heavy atom. The van der Waals surface area contributed by atoms with Gasteiger partial charge in [0, 0.05) is 28.2 Å². The molecule has 244 valence electrons. The van der Waals surface area contributed by atoms with Crippen LogP contribution in [0.15, 0.2) is 127 Å². The number of ether oxygens (including phenoxy) is 4. The van der Waals surface area contributed by atoms with Crippen LogP contribution in [-0.2, 0) is 19.2 Å². The second-order valence-electron chi connectivity index (χ2n) is 11.5. The van der Waals surface area contributed by atoms with Gasteiger partial charge in [0.1, 0.15) is 0 Å². The van der Waals surface area contributed by atoms with E-state index in [4.69, 9.17) is 18.9 Å². The molecule has 0 radical (unpaired) electrons. The number of hydrogen-bond donors (Lipinski definition) is 0. The number of carbonyl (C=O) groups excluding carboxylic acids is 4. The standard InChI is InChI=1S/C40H36O8/c1-23(2)37(41)45-33-19-17-31(21-35(33)47-39(43)25(5)6)29-13-9-27(10-14-29)28-11-15-30(16-12-28)32-18-20-34(46-38(42)24(3)4)36(22-32)48-40(44)26(7)8/h9-11,13-22,28H,1,3,5,7,12H2,2,4,6,8H3. The molecule has 0 bridgehead atoms. The monoisotopic (exact) mass is 644 g/mol. The molecule has 1 unspecified atom stereocenters. The third kappa shape index (κ3) is 8.61. The zero-order valence-corrected chi connectivity index (χ0v) is 27.4. The highest BCUT2D eigenvalue weighted by atomic mass is 16.6. The lowest BCUT2D eigenvalue weighted by atomic mass is 9.87. The van der Waals surface area contributed by atoms with Crippen LogP contribution < -0.4 is 18.9 Å². The smallest absolute Gasteiger partial charge is 0.338 e. The zero-order valence-electron chi connectivity index (χ0n) is 27.4. The van der Waals surface area contributed by atoms with Gasteiger partial charge in [0.05, 0.1) is 0 Å². The molecule has 4 rings (SSSR count). The molecule has 8 nitrogen and oxygen atoms in total. The van der Waals surface area contributed by atoms with Crippen LogP contribution in [0.5, 0.6) is 23.0 Å². The molecule has 1 aliphatic carbocycles. The highest BCUT2D eigenvalue weighted by Gasteiger charge is 2.19. The predicted octanol–water partition coefficient (Wildman–Crippen LogP) is 8.41. The van der Waals surface area contributed by atoms with Gasteiger partial charge in [-0.25, -0.2) is 19.2 Å². The molecule has 0 fully saturated rings. The summed E-state index contributed by atoms with van der Waals surface area (Å²) in [6.07, 6.45) is 6.89. The van der Waals surface area contributed by atoms with Crippen LogP contribution in [0.1, 0.15) is 51.2 Å². The van der Waals surface area contributed by atoms with E-state index in [0.717, 1.165) is 27.8 Å². The normalized spacial score (nSPS) is 13.4. The molecule has 0 spiro atoms. The van der Waals surface area contributed by atoms with Crippen LogP contribution in [0.3, 0.4) is 0 Å². The lowest BCUT2D eigenvalue weighted by Crippen LogP contribution is -2.13. The molecule has 0 amide bonds. The Kier molecular flexibility index (Phi) is 10.9. The van der Waals surface area contributed by atoms with E-state index in [-0.39, 0.29) is 51.2 Å². The average molecular weight is 645 g/mol. The summed E-state index contributed by atoms with van der Waals surface area (Å²) in [4.78, 5) is 48.9.